The summed E-state index contributed by atoms with van der Waals surface area (Å²) < 4.78 is 21.7. The van der Waals surface area contributed by atoms with Crippen molar-refractivity contribution in [2.45, 2.75) is 0 Å². The highest BCUT2D eigenvalue weighted by Gasteiger charge is 2.18. The summed E-state index contributed by atoms with van der Waals surface area (Å²) in [6.45, 7) is 0. The SMILES string of the molecule is COC=C(C(=O)OC)c1ccccc1Oc1cccc(Oc2cccc(C#N)c2)c1. The monoisotopic (exact) mass is 401 g/mol. The molecule has 0 N–H and O–H groups in total. The number of para-hydroxylation sites is 1. The van der Waals surface area contributed by atoms with Crippen LogP contribution in [0.25, 0.3) is 5.57 Å². The Morgan fingerprint density at radius 3 is 2.23 bits per heavy atom. The van der Waals surface area contributed by atoms with Crippen LogP contribution in [0.5, 0.6) is 23.0 Å². The van der Waals surface area contributed by atoms with Gasteiger partial charge in [0.1, 0.15) is 28.6 Å². The molecule has 0 bridgehead atoms. The van der Waals surface area contributed by atoms with Crippen LogP contribution >= 0.6 is 0 Å². The van der Waals surface area contributed by atoms with Crippen LogP contribution in [-0.4, -0.2) is 20.2 Å². The van der Waals surface area contributed by atoms with E-state index in [9.17, 15) is 4.79 Å². The van der Waals surface area contributed by atoms with E-state index in [-0.39, 0.29) is 5.57 Å². The van der Waals surface area contributed by atoms with E-state index in [4.69, 9.17) is 24.2 Å². The number of nitrogens with zero attached hydrogens (tertiary/aromatic N) is 1. The van der Waals surface area contributed by atoms with Gasteiger partial charge in [0.05, 0.1) is 32.1 Å². The highest BCUT2D eigenvalue weighted by atomic mass is 16.5. The number of ether oxygens (including phenoxy) is 4. The van der Waals surface area contributed by atoms with Crippen LogP contribution in [0.3, 0.4) is 0 Å². The average Bonchev–Trinajstić information content (AvgIpc) is 2.78. The predicted octanol–water partition coefficient (Wildman–Crippen LogP) is 5.30. The molecule has 0 aliphatic heterocycles. The molecule has 0 aliphatic carbocycles. The number of benzene rings is 3. The molecule has 0 radical (unpaired) electrons. The first-order valence-corrected chi connectivity index (χ1v) is 9.01. The van der Waals surface area contributed by atoms with Gasteiger partial charge < -0.3 is 18.9 Å². The molecule has 0 fully saturated rings. The molecule has 6 heteroatoms. The molecular weight excluding hydrogens is 382 g/mol. The summed E-state index contributed by atoms with van der Waals surface area (Å²) in [5.41, 5.74) is 1.27. The summed E-state index contributed by atoms with van der Waals surface area (Å²) in [5.74, 6) is 1.51. The highest BCUT2D eigenvalue weighted by molar-refractivity contribution is 6.17. The molecular formula is C24H19NO5. The molecule has 3 aromatic rings. The molecule has 0 saturated carbocycles. The number of esters is 1. The van der Waals surface area contributed by atoms with Crippen molar-refractivity contribution in [3.05, 3.63) is 90.2 Å². The van der Waals surface area contributed by atoms with Crippen molar-refractivity contribution in [3.63, 3.8) is 0 Å². The van der Waals surface area contributed by atoms with Crippen LogP contribution < -0.4 is 9.47 Å². The van der Waals surface area contributed by atoms with Crippen molar-refractivity contribution in [1.29, 1.82) is 5.26 Å². The largest absolute Gasteiger partial charge is 0.503 e. The van der Waals surface area contributed by atoms with Gasteiger partial charge in [-0.15, -0.1) is 0 Å². The third-order valence-corrected chi connectivity index (χ3v) is 4.05. The Kier molecular flexibility index (Phi) is 6.70. The Morgan fingerprint density at radius 1 is 0.867 bits per heavy atom. The van der Waals surface area contributed by atoms with Gasteiger partial charge in [0, 0.05) is 11.6 Å². The molecule has 0 spiro atoms. The van der Waals surface area contributed by atoms with E-state index in [1.165, 1.54) is 20.5 Å². The summed E-state index contributed by atoms with van der Waals surface area (Å²) >= 11 is 0. The highest BCUT2D eigenvalue weighted by Crippen LogP contribution is 2.33. The molecule has 0 saturated heterocycles. The minimum Gasteiger partial charge on any atom is -0.503 e. The number of carbonyl (C=O) groups is 1. The van der Waals surface area contributed by atoms with Crippen molar-refractivity contribution < 1.29 is 23.7 Å². The van der Waals surface area contributed by atoms with Gasteiger partial charge in [0.15, 0.2) is 0 Å². The van der Waals surface area contributed by atoms with E-state index in [0.717, 1.165) is 0 Å². The smallest absolute Gasteiger partial charge is 0.341 e. The molecule has 3 aromatic carbocycles. The minimum atomic E-state index is -0.539. The molecule has 0 atom stereocenters. The van der Waals surface area contributed by atoms with Gasteiger partial charge in [-0.1, -0.05) is 30.3 Å². The summed E-state index contributed by atoms with van der Waals surface area (Å²) in [6, 6.07) is 23.1. The fourth-order valence-electron chi connectivity index (χ4n) is 2.72. The van der Waals surface area contributed by atoms with Crippen molar-refractivity contribution in [1.82, 2.24) is 0 Å². The first-order chi connectivity index (χ1) is 14.6. The third kappa shape index (κ3) is 4.97. The van der Waals surface area contributed by atoms with Crippen molar-refractivity contribution in [3.8, 4) is 29.1 Å². The van der Waals surface area contributed by atoms with Gasteiger partial charge in [-0.3, -0.25) is 0 Å². The molecule has 150 valence electrons. The molecule has 30 heavy (non-hydrogen) atoms. The van der Waals surface area contributed by atoms with Gasteiger partial charge in [0.25, 0.3) is 0 Å². The number of hydrogen-bond acceptors (Lipinski definition) is 6. The zero-order chi connectivity index (χ0) is 21.3. The second kappa shape index (κ2) is 9.80. The Hall–Kier alpha value is -4.24. The number of rotatable bonds is 7. The molecule has 0 aliphatic rings. The van der Waals surface area contributed by atoms with Crippen LogP contribution in [0.2, 0.25) is 0 Å². The van der Waals surface area contributed by atoms with E-state index >= 15 is 0 Å². The van der Waals surface area contributed by atoms with Crippen LogP contribution in [0.4, 0.5) is 0 Å². The van der Waals surface area contributed by atoms with Gasteiger partial charge in [-0.2, -0.15) is 5.26 Å². The van der Waals surface area contributed by atoms with E-state index < -0.39 is 5.97 Å². The normalized spacial score (nSPS) is 10.6. The van der Waals surface area contributed by atoms with Crippen LogP contribution in [0.1, 0.15) is 11.1 Å². The van der Waals surface area contributed by atoms with Gasteiger partial charge in [-0.05, 0) is 36.4 Å². The molecule has 0 amide bonds. The first kappa shape index (κ1) is 20.5. The van der Waals surface area contributed by atoms with Crippen LogP contribution in [-0.2, 0) is 14.3 Å². The summed E-state index contributed by atoms with van der Waals surface area (Å²) in [6.07, 6.45) is 1.32. The lowest BCUT2D eigenvalue weighted by Crippen LogP contribution is -2.05. The fourth-order valence-corrected chi connectivity index (χ4v) is 2.72. The average molecular weight is 401 g/mol. The molecule has 0 heterocycles. The third-order valence-electron chi connectivity index (χ3n) is 4.05. The number of nitriles is 1. The standard InChI is InChI=1S/C24H19NO5/c1-27-16-22(24(26)28-2)21-11-3-4-12-23(21)30-20-10-6-9-19(14-20)29-18-8-5-7-17(13-18)15-25/h3-14,16H,1-2H3. The maximum Gasteiger partial charge on any atom is 0.341 e. The Balaban J connectivity index is 1.87. The van der Waals surface area contributed by atoms with E-state index in [2.05, 4.69) is 6.07 Å². The van der Waals surface area contributed by atoms with Crippen molar-refractivity contribution in [2.24, 2.45) is 0 Å². The Bertz CT molecular complexity index is 1110. The maximum absolute atomic E-state index is 12.1. The predicted molar refractivity (Wildman–Crippen MR) is 111 cm³/mol. The Labute approximate surface area is 174 Å². The lowest BCUT2D eigenvalue weighted by molar-refractivity contribution is -0.133. The maximum atomic E-state index is 12.1. The van der Waals surface area contributed by atoms with Crippen molar-refractivity contribution in [2.75, 3.05) is 14.2 Å². The summed E-state index contributed by atoms with van der Waals surface area (Å²) in [7, 11) is 2.76. The summed E-state index contributed by atoms with van der Waals surface area (Å²) in [5, 5.41) is 9.03. The zero-order valence-electron chi connectivity index (χ0n) is 16.5. The summed E-state index contributed by atoms with van der Waals surface area (Å²) in [4.78, 5) is 12.1. The zero-order valence-corrected chi connectivity index (χ0v) is 16.5. The Morgan fingerprint density at radius 2 is 1.53 bits per heavy atom. The van der Waals surface area contributed by atoms with Crippen molar-refractivity contribution >= 4 is 11.5 Å². The number of carbonyl (C=O) groups excluding carboxylic acids is 1. The van der Waals surface area contributed by atoms with Gasteiger partial charge >= 0.3 is 5.97 Å². The number of hydrogen-bond donors (Lipinski definition) is 0. The number of methoxy groups -OCH3 is 2. The first-order valence-electron chi connectivity index (χ1n) is 9.01. The van der Waals surface area contributed by atoms with E-state index in [1.54, 1.807) is 72.8 Å². The van der Waals surface area contributed by atoms with E-state index in [1.807, 2.05) is 0 Å². The van der Waals surface area contributed by atoms with Crippen LogP contribution in [0, 0.1) is 11.3 Å². The minimum absolute atomic E-state index is 0.233. The lowest BCUT2D eigenvalue weighted by atomic mass is 10.1. The second-order valence-corrected chi connectivity index (χ2v) is 6.07. The molecule has 0 unspecified atom stereocenters. The lowest BCUT2D eigenvalue weighted by Gasteiger charge is -2.13. The molecule has 6 nitrogen and oxygen atoms in total. The van der Waals surface area contributed by atoms with E-state index in [0.29, 0.717) is 34.1 Å². The van der Waals surface area contributed by atoms with Gasteiger partial charge in [0.2, 0.25) is 0 Å². The second-order valence-electron chi connectivity index (χ2n) is 6.07. The molecule has 3 rings (SSSR count). The fraction of sp³-hybridized carbons (Fsp3) is 0.0833. The quantitative estimate of drug-likeness (QED) is 0.304. The topological polar surface area (TPSA) is 77.8 Å². The molecule has 0 aromatic heterocycles. The van der Waals surface area contributed by atoms with Gasteiger partial charge in [-0.25, -0.2) is 4.79 Å². The van der Waals surface area contributed by atoms with Crippen LogP contribution in [0.15, 0.2) is 79.1 Å².